The Morgan fingerprint density at radius 3 is 2.67 bits per heavy atom. The van der Waals surface area contributed by atoms with Crippen LogP contribution in [0.1, 0.15) is 49.7 Å². The Kier molecular flexibility index (Phi) is 4.01. The second-order valence-electron chi connectivity index (χ2n) is 7.60. The molecule has 1 atom stereocenters. The number of anilines is 1. The van der Waals surface area contributed by atoms with E-state index >= 15 is 0 Å². The smallest absolute Gasteiger partial charge is 0.185 e. The minimum atomic E-state index is 0.167. The zero-order chi connectivity index (χ0) is 15.2. The molecule has 0 aromatic carbocycles. The molecule has 4 nitrogen and oxygen atoms in total. The van der Waals surface area contributed by atoms with Crippen LogP contribution in [0, 0.1) is 5.41 Å². The maximum atomic E-state index is 6.38. The summed E-state index contributed by atoms with van der Waals surface area (Å²) in [7, 11) is 4.41. The first-order valence-corrected chi connectivity index (χ1v) is 8.84. The number of fused-ring (bicyclic) bond motifs is 1. The topological polar surface area (TPSA) is 45.4 Å². The molecule has 0 saturated carbocycles. The largest absolute Gasteiger partial charge is 0.348 e. The van der Waals surface area contributed by atoms with Crippen molar-refractivity contribution in [2.45, 2.75) is 51.6 Å². The van der Waals surface area contributed by atoms with Gasteiger partial charge >= 0.3 is 0 Å². The number of aromatic nitrogens is 1. The van der Waals surface area contributed by atoms with Crippen LogP contribution >= 0.6 is 11.3 Å². The first kappa shape index (κ1) is 15.3. The van der Waals surface area contributed by atoms with Crippen molar-refractivity contribution in [3.05, 3.63) is 10.6 Å². The Bertz CT molecular complexity index is 502. The highest BCUT2D eigenvalue weighted by atomic mass is 32.1. The molecule has 1 aromatic heterocycles. The van der Waals surface area contributed by atoms with Gasteiger partial charge in [-0.3, -0.25) is 0 Å². The first-order chi connectivity index (χ1) is 9.85. The third kappa shape index (κ3) is 3.10. The van der Waals surface area contributed by atoms with E-state index in [0.717, 1.165) is 12.8 Å². The number of thiazole rings is 1. The maximum absolute atomic E-state index is 6.38. The van der Waals surface area contributed by atoms with Gasteiger partial charge in [-0.15, -0.1) is 0 Å². The van der Waals surface area contributed by atoms with Gasteiger partial charge in [-0.1, -0.05) is 25.2 Å². The van der Waals surface area contributed by atoms with Crippen LogP contribution in [0.2, 0.25) is 0 Å². The van der Waals surface area contributed by atoms with Crippen LogP contribution in [0.4, 0.5) is 5.13 Å². The molecule has 2 heterocycles. The fourth-order valence-corrected chi connectivity index (χ4v) is 4.79. The van der Waals surface area contributed by atoms with Gasteiger partial charge < -0.3 is 15.5 Å². The third-order valence-electron chi connectivity index (χ3n) is 5.01. The molecule has 2 aliphatic rings. The Hall–Kier alpha value is -0.650. The Morgan fingerprint density at radius 1 is 1.33 bits per heavy atom. The number of rotatable bonds is 2. The van der Waals surface area contributed by atoms with Crippen LogP contribution < -0.4 is 10.6 Å². The van der Waals surface area contributed by atoms with Gasteiger partial charge in [0.25, 0.3) is 0 Å². The molecule has 1 aromatic rings. The van der Waals surface area contributed by atoms with E-state index < -0.39 is 0 Å². The predicted octanol–water partition coefficient (Wildman–Crippen LogP) is 2.65. The minimum Gasteiger partial charge on any atom is -0.348 e. The molecule has 1 unspecified atom stereocenters. The lowest BCUT2D eigenvalue weighted by Crippen LogP contribution is -2.41. The second-order valence-corrected chi connectivity index (χ2v) is 8.61. The Labute approximate surface area is 132 Å². The van der Waals surface area contributed by atoms with Gasteiger partial charge in [0.05, 0.1) is 5.69 Å². The van der Waals surface area contributed by atoms with E-state index in [1.54, 1.807) is 0 Å². The molecule has 1 aliphatic carbocycles. The maximum Gasteiger partial charge on any atom is 0.185 e. The molecule has 21 heavy (non-hydrogen) atoms. The van der Waals surface area contributed by atoms with Gasteiger partial charge in [0.15, 0.2) is 5.13 Å². The summed E-state index contributed by atoms with van der Waals surface area (Å²) in [5, 5.41) is 1.17. The molecule has 1 fully saturated rings. The molecular formula is C16H28N4S. The van der Waals surface area contributed by atoms with Crippen molar-refractivity contribution in [1.82, 2.24) is 9.88 Å². The van der Waals surface area contributed by atoms with Gasteiger partial charge in [-0.05, 0) is 51.2 Å². The summed E-state index contributed by atoms with van der Waals surface area (Å²) in [5.41, 5.74) is 7.91. The van der Waals surface area contributed by atoms with E-state index in [-0.39, 0.29) is 11.5 Å². The average molecular weight is 308 g/mol. The fraction of sp³-hybridized carbons (Fsp3) is 0.812. The van der Waals surface area contributed by atoms with Gasteiger partial charge in [0, 0.05) is 24.0 Å². The summed E-state index contributed by atoms with van der Waals surface area (Å²) in [6.07, 6.45) is 4.59. The SMILES string of the molecule is CN1CCC(N(C)c2nc3c(s2)C(N)CC(C)(C)C3)CC1. The molecule has 1 aliphatic heterocycles. The van der Waals surface area contributed by atoms with Crippen molar-refractivity contribution in [3.8, 4) is 0 Å². The van der Waals surface area contributed by atoms with Gasteiger partial charge in [0.1, 0.15) is 0 Å². The number of piperidine rings is 1. The number of nitrogens with zero attached hydrogens (tertiary/aromatic N) is 3. The highest BCUT2D eigenvalue weighted by Gasteiger charge is 2.34. The molecule has 1 saturated heterocycles. The number of likely N-dealkylation sites (tertiary alicyclic amines) is 1. The van der Waals surface area contributed by atoms with Crippen LogP contribution in [0.5, 0.6) is 0 Å². The quantitative estimate of drug-likeness (QED) is 0.912. The fourth-order valence-electron chi connectivity index (χ4n) is 3.67. The van der Waals surface area contributed by atoms with E-state index in [4.69, 9.17) is 10.7 Å². The van der Waals surface area contributed by atoms with Crippen molar-refractivity contribution in [3.63, 3.8) is 0 Å². The zero-order valence-electron chi connectivity index (χ0n) is 13.7. The van der Waals surface area contributed by atoms with Crippen LogP contribution in [0.15, 0.2) is 0 Å². The highest BCUT2D eigenvalue weighted by Crippen LogP contribution is 2.43. The summed E-state index contributed by atoms with van der Waals surface area (Å²) >= 11 is 1.82. The second kappa shape index (κ2) is 5.52. The van der Waals surface area contributed by atoms with Crippen LogP contribution in [-0.4, -0.2) is 43.1 Å². The lowest BCUT2D eigenvalue weighted by atomic mass is 9.77. The van der Waals surface area contributed by atoms with E-state index in [2.05, 4.69) is 37.7 Å². The Balaban J connectivity index is 1.78. The summed E-state index contributed by atoms with van der Waals surface area (Å²) in [5.74, 6) is 0. The minimum absolute atomic E-state index is 0.167. The number of nitrogens with two attached hydrogens (primary N) is 1. The lowest BCUT2D eigenvalue weighted by Gasteiger charge is -2.34. The number of hydrogen-bond donors (Lipinski definition) is 1. The molecule has 0 spiro atoms. The van der Waals surface area contributed by atoms with E-state index in [1.165, 1.54) is 41.6 Å². The predicted molar refractivity (Wildman–Crippen MR) is 90.1 cm³/mol. The molecule has 0 radical (unpaired) electrons. The van der Waals surface area contributed by atoms with E-state index in [1.807, 2.05) is 11.3 Å². The third-order valence-corrected chi connectivity index (χ3v) is 6.33. The first-order valence-electron chi connectivity index (χ1n) is 8.02. The molecule has 0 bridgehead atoms. The summed E-state index contributed by atoms with van der Waals surface area (Å²) in [6, 6.07) is 0.791. The van der Waals surface area contributed by atoms with Crippen molar-refractivity contribution in [1.29, 1.82) is 0 Å². The highest BCUT2D eigenvalue weighted by molar-refractivity contribution is 7.15. The summed E-state index contributed by atoms with van der Waals surface area (Å²) in [6.45, 7) is 6.98. The van der Waals surface area contributed by atoms with E-state index in [9.17, 15) is 0 Å². The van der Waals surface area contributed by atoms with Crippen molar-refractivity contribution in [2.24, 2.45) is 11.1 Å². The monoisotopic (exact) mass is 308 g/mol. The molecule has 3 rings (SSSR count). The van der Waals surface area contributed by atoms with Crippen molar-refractivity contribution < 1.29 is 0 Å². The molecule has 0 amide bonds. The molecular weight excluding hydrogens is 280 g/mol. The van der Waals surface area contributed by atoms with Gasteiger partial charge in [-0.25, -0.2) is 4.98 Å². The van der Waals surface area contributed by atoms with E-state index in [0.29, 0.717) is 6.04 Å². The Morgan fingerprint density at radius 2 is 2.00 bits per heavy atom. The molecule has 118 valence electrons. The van der Waals surface area contributed by atoms with Crippen molar-refractivity contribution >= 4 is 16.5 Å². The normalized spacial score (nSPS) is 26.6. The van der Waals surface area contributed by atoms with Gasteiger partial charge in [-0.2, -0.15) is 0 Å². The van der Waals surface area contributed by atoms with Crippen LogP contribution in [-0.2, 0) is 6.42 Å². The molecule has 2 N–H and O–H groups in total. The van der Waals surface area contributed by atoms with Gasteiger partial charge in [0.2, 0.25) is 0 Å². The zero-order valence-corrected chi connectivity index (χ0v) is 14.5. The summed E-state index contributed by atoms with van der Waals surface area (Å²) < 4.78 is 0. The standard InChI is InChI=1S/C16H28N4S/c1-16(2)9-12(17)14-13(10-16)18-15(21-14)20(4)11-5-7-19(3)8-6-11/h11-12H,5-10,17H2,1-4H3. The summed E-state index contributed by atoms with van der Waals surface area (Å²) in [4.78, 5) is 11.1. The van der Waals surface area contributed by atoms with Crippen LogP contribution in [0.3, 0.4) is 0 Å². The lowest BCUT2D eigenvalue weighted by molar-refractivity contribution is 0.252. The molecule has 5 heteroatoms. The van der Waals surface area contributed by atoms with Crippen molar-refractivity contribution in [2.75, 3.05) is 32.1 Å². The van der Waals surface area contributed by atoms with Crippen LogP contribution in [0.25, 0.3) is 0 Å². The average Bonchev–Trinajstić information content (AvgIpc) is 2.81. The number of hydrogen-bond acceptors (Lipinski definition) is 5.